The highest BCUT2D eigenvalue weighted by Crippen LogP contribution is 2.15. The van der Waals surface area contributed by atoms with E-state index in [1.807, 2.05) is 30.5 Å². The Labute approximate surface area is 124 Å². The van der Waals surface area contributed by atoms with Gasteiger partial charge in [0.15, 0.2) is 6.04 Å². The molecule has 0 aliphatic carbocycles. The van der Waals surface area contributed by atoms with E-state index in [0.717, 1.165) is 35.9 Å². The highest BCUT2D eigenvalue weighted by Gasteiger charge is 2.29. The lowest BCUT2D eigenvalue weighted by Crippen LogP contribution is -3.15. The Bertz CT molecular complexity index is 661. The molecule has 2 atom stereocenters. The number of fused-ring (bicyclic) bond motifs is 1. The van der Waals surface area contributed by atoms with E-state index in [-0.39, 0.29) is 11.9 Å². The summed E-state index contributed by atoms with van der Waals surface area (Å²) >= 11 is 0. The van der Waals surface area contributed by atoms with Crippen molar-refractivity contribution in [3.05, 3.63) is 36.0 Å². The van der Waals surface area contributed by atoms with Crippen LogP contribution in [0.5, 0.6) is 0 Å². The number of likely N-dealkylation sites (tertiary alicyclic amines) is 1. The van der Waals surface area contributed by atoms with Crippen LogP contribution in [0.4, 0.5) is 0 Å². The number of rotatable bonds is 3. The average molecular weight is 285 g/mol. The Morgan fingerprint density at radius 1 is 1.43 bits per heavy atom. The van der Waals surface area contributed by atoms with Gasteiger partial charge in [-0.2, -0.15) is 5.10 Å². The number of carbonyl (C=O) groups is 1. The van der Waals surface area contributed by atoms with Crippen LogP contribution in [0.25, 0.3) is 10.9 Å². The maximum atomic E-state index is 12.1. The fourth-order valence-electron chi connectivity index (χ4n) is 2.97. The second-order valence-electron chi connectivity index (χ2n) is 5.67. The molecule has 3 rings (SSSR count). The van der Waals surface area contributed by atoms with Crippen molar-refractivity contribution in [3.63, 3.8) is 0 Å². The normalized spacial score (nSPS) is 22.7. The third-order valence-electron chi connectivity index (χ3n) is 4.22. The summed E-state index contributed by atoms with van der Waals surface area (Å²) in [4.78, 5) is 16.6. The minimum absolute atomic E-state index is 0.0169. The SMILES string of the molecule is C[NH+]1CCCC[C@@H]1C(=O)N/N=C/c1c[nH]c2ccccc12. The molecule has 1 fully saturated rings. The second-order valence-corrected chi connectivity index (χ2v) is 5.67. The van der Waals surface area contributed by atoms with Gasteiger partial charge in [-0.1, -0.05) is 18.2 Å². The predicted octanol–water partition coefficient (Wildman–Crippen LogP) is 0.685. The summed E-state index contributed by atoms with van der Waals surface area (Å²) in [7, 11) is 2.08. The number of likely N-dealkylation sites (N-methyl/N-ethyl adjacent to an activating group) is 1. The molecule has 1 amide bonds. The van der Waals surface area contributed by atoms with E-state index in [9.17, 15) is 4.79 Å². The molecule has 21 heavy (non-hydrogen) atoms. The number of benzene rings is 1. The van der Waals surface area contributed by atoms with E-state index >= 15 is 0 Å². The maximum absolute atomic E-state index is 12.1. The smallest absolute Gasteiger partial charge is 0.298 e. The molecule has 5 nitrogen and oxygen atoms in total. The monoisotopic (exact) mass is 285 g/mol. The van der Waals surface area contributed by atoms with Crippen molar-refractivity contribution in [1.29, 1.82) is 0 Å². The van der Waals surface area contributed by atoms with Crippen molar-refractivity contribution < 1.29 is 9.69 Å². The number of carbonyl (C=O) groups excluding carboxylic acids is 1. The van der Waals surface area contributed by atoms with Gasteiger partial charge in [0, 0.05) is 29.1 Å². The number of amides is 1. The van der Waals surface area contributed by atoms with Crippen LogP contribution in [-0.2, 0) is 4.79 Å². The molecule has 1 aromatic heterocycles. The zero-order chi connectivity index (χ0) is 14.7. The van der Waals surface area contributed by atoms with Crippen LogP contribution in [0.15, 0.2) is 35.6 Å². The van der Waals surface area contributed by atoms with Gasteiger partial charge < -0.3 is 9.88 Å². The van der Waals surface area contributed by atoms with Crippen LogP contribution < -0.4 is 10.3 Å². The summed E-state index contributed by atoms with van der Waals surface area (Å²) in [6.07, 6.45) is 6.88. The lowest BCUT2D eigenvalue weighted by Gasteiger charge is -2.27. The van der Waals surface area contributed by atoms with E-state index < -0.39 is 0 Å². The number of aromatic nitrogens is 1. The number of hydrogen-bond donors (Lipinski definition) is 3. The number of nitrogens with one attached hydrogen (secondary N) is 3. The van der Waals surface area contributed by atoms with Gasteiger partial charge >= 0.3 is 0 Å². The van der Waals surface area contributed by atoms with Crippen LogP contribution in [0, 0.1) is 0 Å². The van der Waals surface area contributed by atoms with E-state index in [2.05, 4.69) is 22.6 Å². The number of hydrazone groups is 1. The van der Waals surface area contributed by atoms with Gasteiger partial charge in [0.05, 0.1) is 19.8 Å². The zero-order valence-corrected chi connectivity index (χ0v) is 12.2. The molecule has 1 saturated heterocycles. The fraction of sp³-hybridized carbons (Fsp3) is 0.375. The zero-order valence-electron chi connectivity index (χ0n) is 12.2. The van der Waals surface area contributed by atoms with Crippen molar-refractivity contribution in [3.8, 4) is 0 Å². The van der Waals surface area contributed by atoms with Crippen LogP contribution >= 0.6 is 0 Å². The molecule has 0 saturated carbocycles. The van der Waals surface area contributed by atoms with Gasteiger partial charge in [0.1, 0.15) is 0 Å². The molecule has 110 valence electrons. The second kappa shape index (κ2) is 6.10. The van der Waals surface area contributed by atoms with Crippen LogP contribution in [-0.4, -0.2) is 36.7 Å². The minimum Gasteiger partial charge on any atom is -0.361 e. The Balaban J connectivity index is 1.65. The molecule has 0 radical (unpaired) electrons. The minimum atomic E-state index is 0.0169. The molecule has 1 aliphatic heterocycles. The summed E-state index contributed by atoms with van der Waals surface area (Å²) < 4.78 is 0. The van der Waals surface area contributed by atoms with Crippen LogP contribution in [0.2, 0.25) is 0 Å². The van der Waals surface area contributed by atoms with Crippen molar-refractivity contribution in [2.24, 2.45) is 5.10 Å². The largest absolute Gasteiger partial charge is 0.361 e. The summed E-state index contributed by atoms with van der Waals surface area (Å²) in [5.41, 5.74) is 4.73. The standard InChI is InChI=1S/C16H20N4O/c1-20-9-5-4-8-15(20)16(21)19-18-11-12-10-17-14-7-3-2-6-13(12)14/h2-3,6-7,10-11,15,17H,4-5,8-9H2,1H3,(H,19,21)/p+1/b18-11+/t15-/m1/s1. The molecule has 0 bridgehead atoms. The topological polar surface area (TPSA) is 61.7 Å². The molecular weight excluding hydrogens is 264 g/mol. The van der Waals surface area contributed by atoms with E-state index in [1.54, 1.807) is 6.21 Å². The highest BCUT2D eigenvalue weighted by molar-refractivity contribution is 5.99. The van der Waals surface area contributed by atoms with Gasteiger partial charge in [0.25, 0.3) is 5.91 Å². The van der Waals surface area contributed by atoms with Crippen molar-refractivity contribution in [2.75, 3.05) is 13.6 Å². The summed E-state index contributed by atoms with van der Waals surface area (Å²) in [6.45, 7) is 1.06. The predicted molar refractivity (Wildman–Crippen MR) is 83.4 cm³/mol. The van der Waals surface area contributed by atoms with Gasteiger partial charge in [-0.3, -0.25) is 4.79 Å². The van der Waals surface area contributed by atoms with Crippen molar-refractivity contribution in [1.82, 2.24) is 10.4 Å². The Kier molecular flexibility index (Phi) is 4.01. The van der Waals surface area contributed by atoms with Crippen LogP contribution in [0.3, 0.4) is 0 Å². The third-order valence-corrected chi connectivity index (χ3v) is 4.22. The average Bonchev–Trinajstić information content (AvgIpc) is 2.91. The lowest BCUT2D eigenvalue weighted by atomic mass is 10.0. The molecular formula is C16H21N4O+. The summed E-state index contributed by atoms with van der Waals surface area (Å²) in [6, 6.07) is 8.06. The van der Waals surface area contributed by atoms with Crippen molar-refractivity contribution >= 4 is 23.0 Å². The number of hydrogen-bond acceptors (Lipinski definition) is 2. The molecule has 2 heterocycles. The molecule has 1 unspecified atom stereocenters. The molecule has 0 spiro atoms. The lowest BCUT2D eigenvalue weighted by molar-refractivity contribution is -0.901. The van der Waals surface area contributed by atoms with Gasteiger partial charge in [-0.15, -0.1) is 0 Å². The molecule has 2 aromatic rings. The fourth-order valence-corrected chi connectivity index (χ4v) is 2.97. The third kappa shape index (κ3) is 2.97. The maximum Gasteiger partial charge on any atom is 0.298 e. The first-order valence-corrected chi connectivity index (χ1v) is 7.47. The first-order chi connectivity index (χ1) is 10.3. The number of aromatic amines is 1. The first-order valence-electron chi connectivity index (χ1n) is 7.47. The highest BCUT2D eigenvalue weighted by atomic mass is 16.2. The Morgan fingerprint density at radius 3 is 3.14 bits per heavy atom. The molecule has 3 N–H and O–H groups in total. The van der Waals surface area contributed by atoms with Crippen LogP contribution in [0.1, 0.15) is 24.8 Å². The quantitative estimate of drug-likeness (QED) is 0.564. The molecule has 1 aliphatic rings. The number of para-hydroxylation sites is 1. The summed E-state index contributed by atoms with van der Waals surface area (Å²) in [5.74, 6) is 0.0169. The number of nitrogens with zero attached hydrogens (tertiary/aromatic N) is 1. The Morgan fingerprint density at radius 2 is 2.29 bits per heavy atom. The molecule has 1 aromatic carbocycles. The van der Waals surface area contributed by atoms with E-state index in [1.165, 1.54) is 11.3 Å². The Hall–Kier alpha value is -2.14. The number of H-pyrrole nitrogens is 1. The number of piperidine rings is 1. The number of quaternary nitrogens is 1. The molecule has 5 heteroatoms. The van der Waals surface area contributed by atoms with Gasteiger partial charge in [-0.05, 0) is 18.9 Å². The van der Waals surface area contributed by atoms with Gasteiger partial charge in [0.2, 0.25) is 0 Å². The van der Waals surface area contributed by atoms with Gasteiger partial charge in [-0.25, -0.2) is 5.43 Å². The first kappa shape index (κ1) is 13.8. The van der Waals surface area contributed by atoms with E-state index in [0.29, 0.717) is 0 Å². The summed E-state index contributed by atoms with van der Waals surface area (Å²) in [5, 5.41) is 5.22. The van der Waals surface area contributed by atoms with E-state index in [4.69, 9.17) is 0 Å². The van der Waals surface area contributed by atoms with Crippen molar-refractivity contribution in [2.45, 2.75) is 25.3 Å².